The number of amides is 2. The summed E-state index contributed by atoms with van der Waals surface area (Å²) in [6.45, 7) is 3.85. The van der Waals surface area contributed by atoms with Gasteiger partial charge in [-0.25, -0.2) is 13.2 Å². The van der Waals surface area contributed by atoms with Crippen molar-refractivity contribution in [2.75, 3.05) is 18.7 Å². The van der Waals surface area contributed by atoms with E-state index in [0.717, 1.165) is 34.0 Å². The first kappa shape index (κ1) is 28.4. The third-order valence-electron chi connectivity index (χ3n) is 3.77. The van der Waals surface area contributed by atoms with Crippen molar-refractivity contribution < 1.29 is 56.1 Å². The van der Waals surface area contributed by atoms with E-state index in [2.05, 4.69) is 10.6 Å². The van der Waals surface area contributed by atoms with Crippen molar-refractivity contribution in [3.63, 3.8) is 0 Å². The minimum absolute atomic E-state index is 0.310. The molecule has 0 aromatic rings. The minimum atomic E-state index is -3.43. The van der Waals surface area contributed by atoms with Crippen LogP contribution in [0.2, 0.25) is 0 Å². The molecule has 1 rings (SSSR count). The van der Waals surface area contributed by atoms with Crippen LogP contribution in [0.3, 0.4) is 0 Å². The Labute approximate surface area is 193 Å². The summed E-state index contributed by atoms with van der Waals surface area (Å²) in [5.74, 6) is -3.45. The molecule has 1 heterocycles. The standard InChI is InChI=1S/C17H26N2O12S2/c1-8(20)27-6-12-13(28-9(2)21)14(29-10(3)22)15(30-11(4)23)16(31-12)19-17(24)18-7-32-33(5,25)26/h12-16H,6-7H2,1-5H3,(H2,18,19,24)/t12?,13-,14+,15?,16+/m0/s1. The Kier molecular flexibility index (Phi) is 10.9. The molecule has 0 saturated carbocycles. The zero-order valence-corrected chi connectivity index (χ0v) is 20.1. The SMILES string of the molecule is CC(=O)OCC1O[C@@H](NC(=O)NCSS(C)(=O)=O)C(OC(C)=O)[C@H](OC(C)=O)[C@H]1OC(C)=O. The first-order chi connectivity index (χ1) is 15.2. The molecule has 2 amide bonds. The third-order valence-corrected chi connectivity index (χ3v) is 6.10. The predicted molar refractivity (Wildman–Crippen MR) is 111 cm³/mol. The first-order valence-corrected chi connectivity index (χ1v) is 12.8. The molecular weight excluding hydrogens is 488 g/mol. The topological polar surface area (TPSA) is 190 Å². The number of esters is 4. The molecule has 2 unspecified atom stereocenters. The van der Waals surface area contributed by atoms with Crippen molar-refractivity contribution in [1.29, 1.82) is 0 Å². The molecule has 0 aliphatic carbocycles. The lowest BCUT2D eigenvalue weighted by atomic mass is 9.97. The zero-order chi connectivity index (χ0) is 25.3. The quantitative estimate of drug-likeness (QED) is 0.165. The van der Waals surface area contributed by atoms with E-state index >= 15 is 0 Å². The lowest BCUT2D eigenvalue weighted by molar-refractivity contribution is -0.255. The maximum atomic E-state index is 12.3. The van der Waals surface area contributed by atoms with Crippen LogP contribution in [0.1, 0.15) is 27.7 Å². The van der Waals surface area contributed by atoms with Crippen LogP contribution in [0.15, 0.2) is 0 Å². The fraction of sp³-hybridized carbons (Fsp3) is 0.706. The van der Waals surface area contributed by atoms with Gasteiger partial charge in [-0.05, 0) is 10.8 Å². The van der Waals surface area contributed by atoms with E-state index in [-0.39, 0.29) is 5.88 Å². The molecule has 0 bridgehead atoms. The van der Waals surface area contributed by atoms with Gasteiger partial charge in [-0.15, -0.1) is 0 Å². The summed E-state index contributed by atoms with van der Waals surface area (Å²) in [7, 11) is -2.97. The Morgan fingerprint density at radius 2 is 1.36 bits per heavy atom. The number of nitrogens with one attached hydrogen (secondary N) is 2. The van der Waals surface area contributed by atoms with Gasteiger partial charge in [0.1, 0.15) is 12.7 Å². The molecule has 5 atom stereocenters. The van der Waals surface area contributed by atoms with E-state index in [9.17, 15) is 32.4 Å². The number of hydrogen-bond donors (Lipinski definition) is 2. The van der Waals surface area contributed by atoms with Gasteiger partial charge in [-0.3, -0.25) is 19.2 Å². The van der Waals surface area contributed by atoms with Crippen LogP contribution in [0.5, 0.6) is 0 Å². The maximum Gasteiger partial charge on any atom is 0.317 e. The Bertz CT molecular complexity index is 862. The molecule has 188 valence electrons. The molecule has 2 N–H and O–H groups in total. The largest absolute Gasteiger partial charge is 0.463 e. The summed E-state index contributed by atoms with van der Waals surface area (Å²) in [6.07, 6.45) is -6.02. The fourth-order valence-corrected chi connectivity index (χ4v) is 3.95. The van der Waals surface area contributed by atoms with Crippen molar-refractivity contribution in [2.45, 2.75) is 58.3 Å². The lowest BCUT2D eigenvalue weighted by Crippen LogP contribution is -2.66. The van der Waals surface area contributed by atoms with Crippen molar-refractivity contribution in [2.24, 2.45) is 0 Å². The molecule has 1 aliphatic heterocycles. The van der Waals surface area contributed by atoms with Crippen LogP contribution < -0.4 is 10.6 Å². The van der Waals surface area contributed by atoms with Crippen molar-refractivity contribution in [3.05, 3.63) is 0 Å². The summed E-state index contributed by atoms with van der Waals surface area (Å²) >= 11 is 0. The van der Waals surface area contributed by atoms with Crippen LogP contribution >= 0.6 is 10.8 Å². The summed E-state index contributed by atoms with van der Waals surface area (Å²) in [4.78, 5) is 58.6. The number of rotatable bonds is 9. The van der Waals surface area contributed by atoms with Crippen LogP contribution in [0.25, 0.3) is 0 Å². The van der Waals surface area contributed by atoms with Crippen molar-refractivity contribution in [3.8, 4) is 0 Å². The molecule has 14 nitrogen and oxygen atoms in total. The van der Waals surface area contributed by atoms with E-state index < -0.39 is 76.0 Å². The first-order valence-electron chi connectivity index (χ1n) is 9.39. The van der Waals surface area contributed by atoms with Gasteiger partial charge >= 0.3 is 29.9 Å². The Morgan fingerprint density at radius 3 is 1.85 bits per heavy atom. The molecule has 1 aliphatic rings. The second-order valence-corrected chi connectivity index (χ2v) is 11.2. The molecule has 1 fully saturated rings. The number of urea groups is 1. The number of hydrogen-bond acceptors (Lipinski definition) is 13. The Hall–Kier alpha value is -2.59. The van der Waals surface area contributed by atoms with Gasteiger partial charge in [0.2, 0.25) is 0 Å². The van der Waals surface area contributed by atoms with Gasteiger partial charge in [-0.1, -0.05) is 0 Å². The fourth-order valence-electron chi connectivity index (χ4n) is 2.73. The summed E-state index contributed by atoms with van der Waals surface area (Å²) in [5, 5.41) is 4.58. The third kappa shape index (κ3) is 10.7. The van der Waals surface area contributed by atoms with Gasteiger partial charge in [0, 0.05) is 34.0 Å². The lowest BCUT2D eigenvalue weighted by Gasteiger charge is -2.44. The Morgan fingerprint density at radius 1 is 0.848 bits per heavy atom. The molecule has 0 radical (unpaired) electrons. The maximum absolute atomic E-state index is 12.3. The Balaban J connectivity index is 3.22. The monoisotopic (exact) mass is 514 g/mol. The molecule has 16 heteroatoms. The average molecular weight is 515 g/mol. The number of carbonyl (C=O) groups is 5. The molecule has 33 heavy (non-hydrogen) atoms. The summed E-state index contributed by atoms with van der Waals surface area (Å²) in [6, 6.07) is -0.910. The molecule has 0 aromatic heterocycles. The molecular formula is C17H26N2O12S2. The second kappa shape index (κ2) is 12.6. The minimum Gasteiger partial charge on any atom is -0.463 e. The van der Waals surface area contributed by atoms with E-state index in [0.29, 0.717) is 10.8 Å². The average Bonchev–Trinajstić information content (AvgIpc) is 2.62. The molecule has 1 saturated heterocycles. The van der Waals surface area contributed by atoms with Gasteiger partial charge in [0.25, 0.3) is 0 Å². The van der Waals surface area contributed by atoms with Gasteiger partial charge in [0.15, 0.2) is 33.4 Å². The normalized spacial score (nSPS) is 24.7. The van der Waals surface area contributed by atoms with Gasteiger partial charge < -0.3 is 34.3 Å². The molecule has 0 aromatic carbocycles. The van der Waals surface area contributed by atoms with E-state index in [4.69, 9.17) is 23.7 Å². The smallest absolute Gasteiger partial charge is 0.317 e. The predicted octanol–water partition coefficient (Wildman–Crippen LogP) is -0.981. The van der Waals surface area contributed by atoms with Crippen molar-refractivity contribution >= 4 is 49.6 Å². The van der Waals surface area contributed by atoms with Crippen LogP contribution in [0, 0.1) is 0 Å². The highest BCUT2D eigenvalue weighted by Gasteiger charge is 2.52. The van der Waals surface area contributed by atoms with Crippen LogP contribution in [-0.2, 0) is 51.7 Å². The highest BCUT2D eigenvalue weighted by atomic mass is 33.1. The summed E-state index contributed by atoms with van der Waals surface area (Å²) in [5.41, 5.74) is 0. The number of carbonyl (C=O) groups excluding carboxylic acids is 5. The highest BCUT2D eigenvalue weighted by Crippen LogP contribution is 2.28. The van der Waals surface area contributed by atoms with Gasteiger partial charge in [-0.2, -0.15) is 0 Å². The highest BCUT2D eigenvalue weighted by molar-refractivity contribution is 8.71. The zero-order valence-electron chi connectivity index (χ0n) is 18.5. The number of ether oxygens (including phenoxy) is 5. The van der Waals surface area contributed by atoms with Gasteiger partial charge in [0.05, 0.1) is 5.88 Å². The van der Waals surface area contributed by atoms with E-state index in [1.54, 1.807) is 0 Å². The van der Waals surface area contributed by atoms with Crippen LogP contribution in [0.4, 0.5) is 4.79 Å². The second-order valence-electron chi connectivity index (χ2n) is 6.74. The van der Waals surface area contributed by atoms with E-state index in [1.807, 2.05) is 0 Å². The van der Waals surface area contributed by atoms with E-state index in [1.165, 1.54) is 0 Å². The molecule has 0 spiro atoms. The van der Waals surface area contributed by atoms with Crippen LogP contribution in [-0.4, -0.2) is 87.7 Å². The van der Waals surface area contributed by atoms with Crippen molar-refractivity contribution in [1.82, 2.24) is 10.6 Å². The summed E-state index contributed by atoms with van der Waals surface area (Å²) < 4.78 is 48.6.